The van der Waals surface area contributed by atoms with Gasteiger partial charge in [-0.1, -0.05) is 34.1 Å². The van der Waals surface area contributed by atoms with Crippen molar-refractivity contribution in [3.05, 3.63) is 0 Å². The van der Waals surface area contributed by atoms with E-state index in [1.54, 1.807) is 0 Å². The van der Waals surface area contributed by atoms with Crippen LogP contribution in [0.3, 0.4) is 0 Å². The third kappa shape index (κ3) is 3.50. The van der Waals surface area contributed by atoms with Crippen LogP contribution in [0, 0.1) is 23.2 Å². The van der Waals surface area contributed by atoms with Crippen LogP contribution in [0.4, 0.5) is 0 Å². The van der Waals surface area contributed by atoms with Crippen molar-refractivity contribution in [1.82, 2.24) is 0 Å². The molecule has 0 aromatic rings. The molecule has 0 bridgehead atoms. The van der Waals surface area contributed by atoms with Gasteiger partial charge in [-0.2, -0.15) is 0 Å². The highest BCUT2D eigenvalue weighted by molar-refractivity contribution is 5.70. The van der Waals surface area contributed by atoms with Crippen LogP contribution >= 0.6 is 0 Å². The molecule has 16 heavy (non-hydrogen) atoms. The van der Waals surface area contributed by atoms with E-state index < -0.39 is 5.97 Å². The van der Waals surface area contributed by atoms with Gasteiger partial charge in [-0.3, -0.25) is 4.79 Å². The first kappa shape index (κ1) is 13.5. The molecule has 1 fully saturated rings. The number of carbonyl (C=O) groups is 1. The second-order valence-corrected chi connectivity index (χ2v) is 6.36. The lowest BCUT2D eigenvalue weighted by Gasteiger charge is -2.40. The van der Waals surface area contributed by atoms with Crippen LogP contribution in [-0.2, 0) is 4.79 Å². The van der Waals surface area contributed by atoms with Crippen molar-refractivity contribution in [1.29, 1.82) is 0 Å². The van der Waals surface area contributed by atoms with E-state index in [0.29, 0.717) is 17.3 Å². The SMILES string of the molecule is CCC(C)CC1CC(C)(C)CCC1C(=O)O. The zero-order chi connectivity index (χ0) is 12.3. The molecule has 1 rings (SSSR count). The van der Waals surface area contributed by atoms with Gasteiger partial charge in [0.1, 0.15) is 0 Å². The Hall–Kier alpha value is -0.530. The second kappa shape index (κ2) is 5.20. The summed E-state index contributed by atoms with van der Waals surface area (Å²) in [5.41, 5.74) is 0.337. The maximum absolute atomic E-state index is 11.2. The van der Waals surface area contributed by atoms with Crippen molar-refractivity contribution in [2.75, 3.05) is 0 Å². The largest absolute Gasteiger partial charge is 0.481 e. The first-order chi connectivity index (χ1) is 7.35. The summed E-state index contributed by atoms with van der Waals surface area (Å²) in [4.78, 5) is 11.2. The summed E-state index contributed by atoms with van der Waals surface area (Å²) < 4.78 is 0. The molecule has 0 aromatic heterocycles. The molecule has 3 atom stereocenters. The lowest BCUT2D eigenvalue weighted by molar-refractivity contribution is -0.146. The van der Waals surface area contributed by atoms with Gasteiger partial charge in [0.15, 0.2) is 0 Å². The molecular formula is C14H26O2. The molecule has 1 aliphatic rings. The molecule has 94 valence electrons. The molecule has 0 spiro atoms. The topological polar surface area (TPSA) is 37.3 Å². The van der Waals surface area contributed by atoms with Crippen molar-refractivity contribution >= 4 is 5.97 Å². The molecule has 2 nitrogen and oxygen atoms in total. The molecule has 0 aliphatic heterocycles. The number of hydrogen-bond donors (Lipinski definition) is 1. The standard InChI is InChI=1S/C14H26O2/c1-5-10(2)8-11-9-14(3,4)7-6-12(11)13(15)16/h10-12H,5-9H2,1-4H3,(H,15,16). The van der Waals surface area contributed by atoms with E-state index in [-0.39, 0.29) is 5.92 Å². The fourth-order valence-corrected chi connectivity index (χ4v) is 2.99. The summed E-state index contributed by atoms with van der Waals surface area (Å²) in [6, 6.07) is 0. The molecule has 0 saturated heterocycles. The van der Waals surface area contributed by atoms with Crippen LogP contribution in [0.5, 0.6) is 0 Å². The van der Waals surface area contributed by atoms with Crippen LogP contribution in [0.2, 0.25) is 0 Å². The quantitative estimate of drug-likeness (QED) is 0.788. The van der Waals surface area contributed by atoms with E-state index >= 15 is 0 Å². The monoisotopic (exact) mass is 226 g/mol. The van der Waals surface area contributed by atoms with Crippen molar-refractivity contribution in [2.45, 2.75) is 59.8 Å². The average Bonchev–Trinajstić information content (AvgIpc) is 2.15. The zero-order valence-electron chi connectivity index (χ0n) is 11.1. The van der Waals surface area contributed by atoms with Gasteiger partial charge in [0.25, 0.3) is 0 Å². The van der Waals surface area contributed by atoms with E-state index in [1.807, 2.05) is 0 Å². The maximum Gasteiger partial charge on any atom is 0.306 e. The Bertz CT molecular complexity index is 245. The van der Waals surface area contributed by atoms with Gasteiger partial charge in [-0.15, -0.1) is 0 Å². The number of carboxylic acid groups (broad SMARTS) is 1. The van der Waals surface area contributed by atoms with Crippen molar-refractivity contribution in [3.8, 4) is 0 Å². The predicted octanol–water partition coefficient (Wildman–Crippen LogP) is 3.95. The van der Waals surface area contributed by atoms with E-state index in [4.69, 9.17) is 0 Å². The van der Waals surface area contributed by atoms with Gasteiger partial charge >= 0.3 is 5.97 Å². The minimum Gasteiger partial charge on any atom is -0.481 e. The average molecular weight is 226 g/mol. The van der Waals surface area contributed by atoms with Gasteiger partial charge < -0.3 is 5.11 Å². The van der Waals surface area contributed by atoms with Crippen LogP contribution in [0.25, 0.3) is 0 Å². The highest BCUT2D eigenvalue weighted by Crippen LogP contribution is 2.44. The van der Waals surface area contributed by atoms with Gasteiger partial charge in [0.2, 0.25) is 0 Å². The van der Waals surface area contributed by atoms with Gasteiger partial charge in [0.05, 0.1) is 5.92 Å². The zero-order valence-corrected chi connectivity index (χ0v) is 11.1. The number of hydrogen-bond acceptors (Lipinski definition) is 1. The fourth-order valence-electron chi connectivity index (χ4n) is 2.99. The first-order valence-corrected chi connectivity index (χ1v) is 6.58. The summed E-state index contributed by atoms with van der Waals surface area (Å²) in [6.45, 7) is 8.97. The maximum atomic E-state index is 11.2. The van der Waals surface area contributed by atoms with Gasteiger partial charge in [-0.05, 0) is 42.9 Å². The lowest BCUT2D eigenvalue weighted by atomic mass is 9.65. The molecule has 0 amide bonds. The minimum absolute atomic E-state index is 0.0953. The van der Waals surface area contributed by atoms with Crippen LogP contribution in [0.15, 0.2) is 0 Å². The van der Waals surface area contributed by atoms with E-state index in [0.717, 1.165) is 32.1 Å². The van der Waals surface area contributed by atoms with E-state index in [1.165, 1.54) is 0 Å². The summed E-state index contributed by atoms with van der Waals surface area (Å²) in [7, 11) is 0. The molecule has 1 N–H and O–H groups in total. The number of carboxylic acids is 1. The Balaban J connectivity index is 2.68. The summed E-state index contributed by atoms with van der Waals surface area (Å²) in [5.74, 6) is 0.364. The lowest BCUT2D eigenvalue weighted by Crippen LogP contribution is -2.35. The third-order valence-electron chi connectivity index (χ3n) is 4.24. The minimum atomic E-state index is -0.580. The van der Waals surface area contributed by atoms with Gasteiger partial charge in [0, 0.05) is 0 Å². The Morgan fingerprint density at radius 2 is 2.12 bits per heavy atom. The normalized spacial score (nSPS) is 31.0. The predicted molar refractivity (Wildman–Crippen MR) is 66.3 cm³/mol. The van der Waals surface area contributed by atoms with Crippen LogP contribution < -0.4 is 0 Å². The molecule has 1 aliphatic carbocycles. The molecule has 3 unspecified atom stereocenters. The van der Waals surface area contributed by atoms with Crippen molar-refractivity contribution < 1.29 is 9.90 Å². The summed E-state index contributed by atoms with van der Waals surface area (Å²) in [5, 5.41) is 9.26. The Morgan fingerprint density at radius 3 is 2.62 bits per heavy atom. The molecule has 2 heteroatoms. The molecule has 0 aromatic carbocycles. The Morgan fingerprint density at radius 1 is 1.50 bits per heavy atom. The van der Waals surface area contributed by atoms with E-state index in [9.17, 15) is 9.90 Å². The van der Waals surface area contributed by atoms with Crippen molar-refractivity contribution in [2.24, 2.45) is 23.2 Å². The summed E-state index contributed by atoms with van der Waals surface area (Å²) >= 11 is 0. The summed E-state index contributed by atoms with van der Waals surface area (Å²) in [6.07, 6.45) is 5.23. The Kier molecular flexibility index (Phi) is 4.40. The Labute approximate surface area is 99.4 Å². The highest BCUT2D eigenvalue weighted by atomic mass is 16.4. The second-order valence-electron chi connectivity index (χ2n) is 6.36. The van der Waals surface area contributed by atoms with E-state index in [2.05, 4.69) is 27.7 Å². The molecule has 0 radical (unpaired) electrons. The van der Waals surface area contributed by atoms with Crippen molar-refractivity contribution in [3.63, 3.8) is 0 Å². The molecule has 0 heterocycles. The first-order valence-electron chi connectivity index (χ1n) is 6.58. The van der Waals surface area contributed by atoms with Crippen LogP contribution in [-0.4, -0.2) is 11.1 Å². The smallest absolute Gasteiger partial charge is 0.306 e. The number of aliphatic carboxylic acids is 1. The molecular weight excluding hydrogens is 200 g/mol. The van der Waals surface area contributed by atoms with Crippen LogP contribution in [0.1, 0.15) is 59.8 Å². The van der Waals surface area contributed by atoms with Gasteiger partial charge in [-0.25, -0.2) is 0 Å². The fraction of sp³-hybridized carbons (Fsp3) is 0.929. The highest BCUT2D eigenvalue weighted by Gasteiger charge is 2.38. The third-order valence-corrected chi connectivity index (χ3v) is 4.24. The number of rotatable bonds is 4. The molecule has 1 saturated carbocycles.